The molecule has 0 aliphatic carbocycles. The lowest BCUT2D eigenvalue weighted by atomic mass is 9.99. The van der Waals surface area contributed by atoms with E-state index in [1.165, 1.54) is 25.0 Å². The maximum absolute atomic E-state index is 13.1. The second-order valence-electron chi connectivity index (χ2n) is 7.17. The molecule has 0 radical (unpaired) electrons. The van der Waals surface area contributed by atoms with E-state index in [0.29, 0.717) is 24.0 Å². The lowest BCUT2D eigenvalue weighted by Gasteiger charge is -2.35. The van der Waals surface area contributed by atoms with Crippen molar-refractivity contribution in [2.75, 3.05) is 19.6 Å². The minimum absolute atomic E-state index is 0.131. The highest BCUT2D eigenvalue weighted by molar-refractivity contribution is 5.90. The Morgan fingerprint density at radius 2 is 2.12 bits per heavy atom. The summed E-state index contributed by atoms with van der Waals surface area (Å²) in [5.74, 6) is 0.819. The van der Waals surface area contributed by atoms with Crippen molar-refractivity contribution in [1.82, 2.24) is 25.0 Å². The maximum atomic E-state index is 13.1. The summed E-state index contributed by atoms with van der Waals surface area (Å²) in [6.45, 7) is 8.90. The van der Waals surface area contributed by atoms with Crippen molar-refractivity contribution in [1.29, 1.82) is 0 Å². The highest BCUT2D eigenvalue weighted by Gasteiger charge is 2.22. The normalized spacial score (nSPS) is 19.3. The van der Waals surface area contributed by atoms with Crippen LogP contribution >= 0.6 is 0 Å². The Morgan fingerprint density at radius 3 is 2.81 bits per heavy atom. The molecule has 0 bridgehead atoms. The number of aromatic nitrogens is 3. The first kappa shape index (κ1) is 18.5. The SMILES string of the molecule is Cc1nc(C(=O)NCC(C)N2CCCC(C)C2)nn1-c1ccc(F)cc1. The van der Waals surface area contributed by atoms with Gasteiger partial charge in [-0.1, -0.05) is 6.92 Å². The van der Waals surface area contributed by atoms with Crippen LogP contribution in [0, 0.1) is 18.7 Å². The van der Waals surface area contributed by atoms with E-state index in [0.717, 1.165) is 13.1 Å². The molecule has 1 saturated heterocycles. The van der Waals surface area contributed by atoms with Gasteiger partial charge in [-0.05, 0) is 63.4 Å². The first-order chi connectivity index (χ1) is 12.4. The summed E-state index contributed by atoms with van der Waals surface area (Å²) in [7, 11) is 0. The van der Waals surface area contributed by atoms with Crippen LogP contribution in [0.1, 0.15) is 43.1 Å². The van der Waals surface area contributed by atoms with Crippen molar-refractivity contribution in [3.8, 4) is 5.69 Å². The van der Waals surface area contributed by atoms with E-state index in [-0.39, 0.29) is 23.6 Å². The molecule has 1 N–H and O–H groups in total. The number of carbonyl (C=O) groups excluding carboxylic acids is 1. The zero-order valence-corrected chi connectivity index (χ0v) is 15.6. The fourth-order valence-electron chi connectivity index (χ4n) is 3.39. The number of hydrogen-bond acceptors (Lipinski definition) is 4. The van der Waals surface area contributed by atoms with Crippen molar-refractivity contribution in [3.63, 3.8) is 0 Å². The number of amides is 1. The van der Waals surface area contributed by atoms with Crippen molar-refractivity contribution >= 4 is 5.91 Å². The number of piperidine rings is 1. The van der Waals surface area contributed by atoms with Gasteiger partial charge >= 0.3 is 0 Å². The molecule has 1 fully saturated rings. The van der Waals surface area contributed by atoms with Crippen LogP contribution in [0.2, 0.25) is 0 Å². The third-order valence-electron chi connectivity index (χ3n) is 4.91. The van der Waals surface area contributed by atoms with Crippen molar-refractivity contribution in [2.24, 2.45) is 5.92 Å². The highest BCUT2D eigenvalue weighted by atomic mass is 19.1. The summed E-state index contributed by atoms with van der Waals surface area (Å²) < 4.78 is 14.6. The Kier molecular flexibility index (Phi) is 5.66. The van der Waals surface area contributed by atoms with Crippen LogP contribution < -0.4 is 5.32 Å². The highest BCUT2D eigenvalue weighted by Crippen LogP contribution is 2.17. The number of rotatable bonds is 5. The zero-order chi connectivity index (χ0) is 18.7. The van der Waals surface area contributed by atoms with E-state index in [9.17, 15) is 9.18 Å². The fraction of sp³-hybridized carbons (Fsp3) is 0.526. The van der Waals surface area contributed by atoms with Gasteiger partial charge in [0.1, 0.15) is 11.6 Å². The average molecular weight is 359 g/mol. The summed E-state index contributed by atoms with van der Waals surface area (Å²) >= 11 is 0. The van der Waals surface area contributed by atoms with Gasteiger partial charge in [-0.15, -0.1) is 5.10 Å². The fourth-order valence-corrected chi connectivity index (χ4v) is 3.39. The molecule has 1 aromatic heterocycles. The molecule has 3 rings (SSSR count). The molecule has 2 atom stereocenters. The summed E-state index contributed by atoms with van der Waals surface area (Å²) in [6, 6.07) is 6.22. The third-order valence-corrected chi connectivity index (χ3v) is 4.91. The monoisotopic (exact) mass is 359 g/mol. The van der Waals surface area contributed by atoms with E-state index in [2.05, 4.69) is 34.1 Å². The standard InChI is InChI=1S/C19H26FN5O/c1-13-5-4-10-24(12-13)14(2)11-21-19(26)18-22-15(3)25(23-18)17-8-6-16(20)7-9-17/h6-9,13-14H,4-5,10-12H2,1-3H3,(H,21,26). The number of nitrogens with zero attached hydrogens (tertiary/aromatic N) is 4. The molecule has 6 nitrogen and oxygen atoms in total. The first-order valence-electron chi connectivity index (χ1n) is 9.16. The van der Waals surface area contributed by atoms with Crippen LogP contribution in [-0.4, -0.2) is 51.2 Å². The number of nitrogens with one attached hydrogen (secondary N) is 1. The molecule has 1 amide bonds. The second kappa shape index (κ2) is 7.95. The van der Waals surface area contributed by atoms with Gasteiger partial charge in [0.15, 0.2) is 0 Å². The Labute approximate surface area is 153 Å². The summed E-state index contributed by atoms with van der Waals surface area (Å²) in [6.07, 6.45) is 2.49. The molecule has 0 saturated carbocycles. The van der Waals surface area contributed by atoms with Gasteiger partial charge < -0.3 is 5.32 Å². The van der Waals surface area contributed by atoms with Crippen LogP contribution in [-0.2, 0) is 0 Å². The molecule has 0 spiro atoms. The van der Waals surface area contributed by atoms with Crippen LogP contribution in [0.3, 0.4) is 0 Å². The minimum atomic E-state index is -0.314. The van der Waals surface area contributed by atoms with Crippen LogP contribution in [0.15, 0.2) is 24.3 Å². The van der Waals surface area contributed by atoms with Crippen LogP contribution in [0.5, 0.6) is 0 Å². The molecular weight excluding hydrogens is 333 g/mol. The number of likely N-dealkylation sites (tertiary alicyclic amines) is 1. The minimum Gasteiger partial charge on any atom is -0.348 e. The second-order valence-corrected chi connectivity index (χ2v) is 7.17. The Balaban J connectivity index is 1.61. The number of halogens is 1. The molecule has 26 heavy (non-hydrogen) atoms. The van der Waals surface area contributed by atoms with Gasteiger partial charge in [0, 0.05) is 19.1 Å². The molecular formula is C19H26FN5O. The number of benzene rings is 1. The first-order valence-corrected chi connectivity index (χ1v) is 9.16. The third kappa shape index (κ3) is 4.27. The number of aryl methyl sites for hydroxylation is 1. The van der Waals surface area contributed by atoms with Gasteiger partial charge in [-0.25, -0.2) is 14.1 Å². The van der Waals surface area contributed by atoms with E-state index >= 15 is 0 Å². The van der Waals surface area contributed by atoms with E-state index < -0.39 is 0 Å². The Morgan fingerprint density at radius 1 is 1.38 bits per heavy atom. The lowest BCUT2D eigenvalue weighted by molar-refractivity contribution is 0.0907. The average Bonchev–Trinajstić information content (AvgIpc) is 3.02. The van der Waals surface area contributed by atoms with E-state index in [1.54, 1.807) is 23.7 Å². The molecule has 1 aliphatic heterocycles. The molecule has 1 aromatic carbocycles. The molecule has 2 unspecified atom stereocenters. The summed E-state index contributed by atoms with van der Waals surface area (Å²) in [4.78, 5) is 19.1. The van der Waals surface area contributed by atoms with Gasteiger partial charge in [-0.3, -0.25) is 9.69 Å². The lowest BCUT2D eigenvalue weighted by Crippen LogP contribution is -2.46. The molecule has 140 valence electrons. The molecule has 1 aliphatic rings. The van der Waals surface area contributed by atoms with Gasteiger partial charge in [0.25, 0.3) is 5.91 Å². The van der Waals surface area contributed by atoms with Crippen LogP contribution in [0.4, 0.5) is 4.39 Å². The van der Waals surface area contributed by atoms with Gasteiger partial charge in [0.05, 0.1) is 5.69 Å². The van der Waals surface area contributed by atoms with Crippen molar-refractivity contribution in [3.05, 3.63) is 41.7 Å². The van der Waals surface area contributed by atoms with E-state index in [4.69, 9.17) is 0 Å². The Hall–Kier alpha value is -2.28. The predicted octanol–water partition coefficient (Wildman–Crippen LogP) is 2.57. The van der Waals surface area contributed by atoms with Crippen molar-refractivity contribution in [2.45, 2.75) is 39.7 Å². The zero-order valence-electron chi connectivity index (χ0n) is 15.6. The largest absolute Gasteiger partial charge is 0.348 e. The number of carbonyl (C=O) groups is 1. The summed E-state index contributed by atoms with van der Waals surface area (Å²) in [5, 5.41) is 7.20. The number of hydrogen-bond donors (Lipinski definition) is 1. The topological polar surface area (TPSA) is 63.1 Å². The smallest absolute Gasteiger partial charge is 0.291 e. The van der Waals surface area contributed by atoms with Gasteiger partial charge in [-0.2, -0.15) is 0 Å². The summed E-state index contributed by atoms with van der Waals surface area (Å²) in [5.41, 5.74) is 0.672. The van der Waals surface area contributed by atoms with Crippen LogP contribution in [0.25, 0.3) is 5.69 Å². The Bertz CT molecular complexity index is 758. The van der Waals surface area contributed by atoms with E-state index in [1.807, 2.05) is 0 Å². The molecule has 2 aromatic rings. The van der Waals surface area contributed by atoms with Crippen molar-refractivity contribution < 1.29 is 9.18 Å². The molecule has 2 heterocycles. The maximum Gasteiger partial charge on any atom is 0.291 e. The predicted molar refractivity (Wildman–Crippen MR) is 97.8 cm³/mol. The quantitative estimate of drug-likeness (QED) is 0.891. The molecule has 7 heteroatoms. The van der Waals surface area contributed by atoms with Gasteiger partial charge in [0.2, 0.25) is 5.82 Å².